The summed E-state index contributed by atoms with van der Waals surface area (Å²) in [6, 6.07) is 0. The second-order valence-corrected chi connectivity index (χ2v) is 11.5. The number of aliphatic hydroxyl groups is 3. The predicted molar refractivity (Wildman–Crippen MR) is 112 cm³/mol. The molecule has 0 aliphatic heterocycles. The van der Waals surface area contributed by atoms with Crippen molar-refractivity contribution in [1.29, 1.82) is 0 Å². The standard InChI is InChI=1S/C24H41NO4/c1-13(4-7-21(25)29)16-5-6-17-22-18(12-20(28)24(16,17)3)23(2)9-8-15(26)10-14(23)11-19(22)27/h13-20,22,26-28H,4-12H2,1-3H3,(H2,25,29). The molecular formula is C24H41NO4. The molecule has 0 saturated heterocycles. The number of amides is 1. The van der Waals surface area contributed by atoms with Crippen molar-refractivity contribution in [2.75, 3.05) is 0 Å². The van der Waals surface area contributed by atoms with Crippen LogP contribution in [0.4, 0.5) is 0 Å². The van der Waals surface area contributed by atoms with Gasteiger partial charge in [0.1, 0.15) is 0 Å². The van der Waals surface area contributed by atoms with Crippen LogP contribution in [-0.2, 0) is 4.79 Å². The second kappa shape index (κ2) is 7.49. The lowest BCUT2D eigenvalue weighted by Gasteiger charge is -2.63. The lowest BCUT2D eigenvalue weighted by Crippen LogP contribution is -2.62. The quantitative estimate of drug-likeness (QED) is 0.575. The Balaban J connectivity index is 1.61. The second-order valence-electron chi connectivity index (χ2n) is 11.5. The molecule has 5 N–H and O–H groups in total. The van der Waals surface area contributed by atoms with Crippen LogP contribution in [0.5, 0.6) is 0 Å². The van der Waals surface area contributed by atoms with Gasteiger partial charge in [-0.05, 0) is 97.7 Å². The molecule has 0 spiro atoms. The van der Waals surface area contributed by atoms with E-state index >= 15 is 0 Å². The molecule has 5 nitrogen and oxygen atoms in total. The lowest BCUT2D eigenvalue weighted by atomic mass is 9.43. The maximum Gasteiger partial charge on any atom is 0.217 e. The fraction of sp³-hybridized carbons (Fsp3) is 0.958. The zero-order chi connectivity index (χ0) is 21.1. The molecule has 1 amide bonds. The molecule has 4 aliphatic carbocycles. The Bertz CT molecular complexity index is 640. The zero-order valence-corrected chi connectivity index (χ0v) is 18.4. The van der Waals surface area contributed by atoms with Gasteiger partial charge in [0.05, 0.1) is 18.3 Å². The van der Waals surface area contributed by atoms with E-state index in [2.05, 4.69) is 20.8 Å². The van der Waals surface area contributed by atoms with E-state index in [9.17, 15) is 20.1 Å². The lowest BCUT2D eigenvalue weighted by molar-refractivity contribution is -0.207. The van der Waals surface area contributed by atoms with E-state index in [1.54, 1.807) is 0 Å². The first kappa shape index (κ1) is 21.6. The smallest absolute Gasteiger partial charge is 0.217 e. The van der Waals surface area contributed by atoms with Crippen molar-refractivity contribution in [3.05, 3.63) is 0 Å². The number of carbonyl (C=O) groups excluding carboxylic acids is 1. The van der Waals surface area contributed by atoms with Crippen molar-refractivity contribution < 1.29 is 20.1 Å². The van der Waals surface area contributed by atoms with Crippen LogP contribution in [-0.4, -0.2) is 39.5 Å². The molecule has 0 bridgehead atoms. The molecular weight excluding hydrogens is 366 g/mol. The SMILES string of the molecule is CC(CCC(N)=O)C1CCC2C3C(O)CC4CC(O)CCC4(C)C3CC(O)C12C. The van der Waals surface area contributed by atoms with Crippen molar-refractivity contribution in [3.63, 3.8) is 0 Å². The third-order valence-corrected chi connectivity index (χ3v) is 10.4. The molecule has 29 heavy (non-hydrogen) atoms. The summed E-state index contributed by atoms with van der Waals surface area (Å²) in [6.45, 7) is 6.82. The molecule has 0 aromatic carbocycles. The Kier molecular flexibility index (Phi) is 5.57. The number of nitrogens with two attached hydrogens (primary N) is 1. The minimum Gasteiger partial charge on any atom is -0.393 e. The highest BCUT2D eigenvalue weighted by atomic mass is 16.3. The fourth-order valence-electron chi connectivity index (χ4n) is 8.70. The van der Waals surface area contributed by atoms with Crippen LogP contribution in [0.15, 0.2) is 0 Å². The molecule has 0 aromatic heterocycles. The average Bonchev–Trinajstić information content (AvgIpc) is 3.01. The van der Waals surface area contributed by atoms with Gasteiger partial charge in [-0.3, -0.25) is 4.79 Å². The van der Waals surface area contributed by atoms with Crippen molar-refractivity contribution in [3.8, 4) is 0 Å². The summed E-state index contributed by atoms with van der Waals surface area (Å²) in [5.41, 5.74) is 5.30. The van der Waals surface area contributed by atoms with E-state index in [1.165, 1.54) is 0 Å². The first-order chi connectivity index (χ1) is 13.6. The summed E-state index contributed by atoms with van der Waals surface area (Å²) in [4.78, 5) is 11.3. The maximum atomic E-state index is 11.5. The highest BCUT2D eigenvalue weighted by molar-refractivity contribution is 5.73. The normalized spacial score (nSPS) is 52.9. The van der Waals surface area contributed by atoms with E-state index in [-0.39, 0.29) is 41.0 Å². The van der Waals surface area contributed by atoms with Crippen LogP contribution < -0.4 is 5.73 Å². The fourth-order valence-corrected chi connectivity index (χ4v) is 8.70. The third-order valence-electron chi connectivity index (χ3n) is 10.4. The topological polar surface area (TPSA) is 104 Å². The van der Waals surface area contributed by atoms with Gasteiger partial charge in [-0.2, -0.15) is 0 Å². The van der Waals surface area contributed by atoms with Gasteiger partial charge in [0.15, 0.2) is 0 Å². The molecule has 11 unspecified atom stereocenters. The molecule has 11 atom stereocenters. The van der Waals surface area contributed by atoms with Gasteiger partial charge in [0.25, 0.3) is 0 Å². The van der Waals surface area contributed by atoms with E-state index in [4.69, 9.17) is 5.73 Å². The van der Waals surface area contributed by atoms with Gasteiger partial charge in [0.2, 0.25) is 5.91 Å². The molecule has 4 aliphatic rings. The number of fused-ring (bicyclic) bond motifs is 5. The molecule has 4 rings (SSSR count). The summed E-state index contributed by atoms with van der Waals surface area (Å²) in [5, 5.41) is 33.0. The molecule has 4 fully saturated rings. The van der Waals surface area contributed by atoms with Crippen LogP contribution in [0.1, 0.15) is 78.6 Å². The molecule has 0 aromatic rings. The van der Waals surface area contributed by atoms with E-state index < -0.39 is 0 Å². The van der Waals surface area contributed by atoms with Crippen LogP contribution in [0, 0.1) is 46.3 Å². The highest BCUT2D eigenvalue weighted by Gasteiger charge is 2.65. The van der Waals surface area contributed by atoms with Crippen molar-refractivity contribution in [2.45, 2.75) is 96.9 Å². The Labute approximate surface area is 175 Å². The molecule has 0 radical (unpaired) electrons. The van der Waals surface area contributed by atoms with Crippen LogP contribution >= 0.6 is 0 Å². The Morgan fingerprint density at radius 2 is 1.79 bits per heavy atom. The third kappa shape index (κ3) is 3.27. The average molecular weight is 408 g/mol. The van der Waals surface area contributed by atoms with Gasteiger partial charge >= 0.3 is 0 Å². The monoisotopic (exact) mass is 407 g/mol. The minimum atomic E-state index is -0.369. The predicted octanol–water partition coefficient (Wildman–Crippen LogP) is 2.85. The number of primary amides is 1. The van der Waals surface area contributed by atoms with Gasteiger partial charge in [-0.1, -0.05) is 20.8 Å². The van der Waals surface area contributed by atoms with Crippen molar-refractivity contribution in [1.82, 2.24) is 0 Å². The first-order valence-electron chi connectivity index (χ1n) is 11.9. The van der Waals surface area contributed by atoms with Crippen molar-refractivity contribution in [2.24, 2.45) is 52.1 Å². The Morgan fingerprint density at radius 1 is 1.07 bits per heavy atom. The number of carbonyl (C=O) groups is 1. The molecule has 4 saturated carbocycles. The van der Waals surface area contributed by atoms with Crippen molar-refractivity contribution >= 4 is 5.91 Å². The molecule has 0 heterocycles. The summed E-state index contributed by atoms with van der Waals surface area (Å²) in [6.07, 6.45) is 6.56. The van der Waals surface area contributed by atoms with Gasteiger partial charge < -0.3 is 21.1 Å². The summed E-state index contributed by atoms with van der Waals surface area (Å²) >= 11 is 0. The Morgan fingerprint density at radius 3 is 2.48 bits per heavy atom. The number of hydrogen-bond donors (Lipinski definition) is 4. The zero-order valence-electron chi connectivity index (χ0n) is 18.4. The van der Waals surface area contributed by atoms with Gasteiger partial charge in [-0.15, -0.1) is 0 Å². The largest absolute Gasteiger partial charge is 0.393 e. The van der Waals surface area contributed by atoms with Gasteiger partial charge in [0, 0.05) is 6.42 Å². The summed E-state index contributed by atoms with van der Waals surface area (Å²) < 4.78 is 0. The Hall–Kier alpha value is -0.650. The molecule has 166 valence electrons. The number of rotatable bonds is 4. The number of hydrogen-bond acceptors (Lipinski definition) is 4. The van der Waals surface area contributed by atoms with Gasteiger partial charge in [-0.25, -0.2) is 0 Å². The number of aliphatic hydroxyl groups excluding tert-OH is 3. The minimum absolute atomic E-state index is 0.112. The van der Waals surface area contributed by atoms with E-state index in [0.717, 1.165) is 51.4 Å². The van der Waals surface area contributed by atoms with Crippen LogP contribution in [0.25, 0.3) is 0 Å². The summed E-state index contributed by atoms with van der Waals surface area (Å²) in [7, 11) is 0. The van der Waals surface area contributed by atoms with Crippen LogP contribution in [0.2, 0.25) is 0 Å². The first-order valence-corrected chi connectivity index (χ1v) is 11.9. The van der Waals surface area contributed by atoms with Crippen LogP contribution in [0.3, 0.4) is 0 Å². The maximum absolute atomic E-state index is 11.5. The highest BCUT2D eigenvalue weighted by Crippen LogP contribution is 2.68. The van der Waals surface area contributed by atoms with E-state index in [1.807, 2.05) is 0 Å². The van der Waals surface area contributed by atoms with E-state index in [0.29, 0.717) is 36.0 Å². The molecule has 5 heteroatoms. The summed E-state index contributed by atoms with van der Waals surface area (Å²) in [5.74, 6) is 1.72.